The molecule has 0 aliphatic heterocycles. The first kappa shape index (κ1) is 13.5. The van der Waals surface area contributed by atoms with E-state index in [0.29, 0.717) is 11.1 Å². The summed E-state index contributed by atoms with van der Waals surface area (Å²) in [5.74, 6) is -1.09. The van der Waals surface area contributed by atoms with E-state index in [1.807, 2.05) is 0 Å². The number of carbonyl (C=O) groups is 2. The van der Waals surface area contributed by atoms with Crippen LogP contribution in [-0.2, 0) is 4.79 Å². The Hall–Kier alpha value is -2.57. The van der Waals surface area contributed by atoms with E-state index >= 15 is 0 Å². The van der Waals surface area contributed by atoms with Gasteiger partial charge in [0.05, 0.1) is 0 Å². The van der Waals surface area contributed by atoms with Crippen LogP contribution in [0.3, 0.4) is 0 Å². The second kappa shape index (κ2) is 5.67. The van der Waals surface area contributed by atoms with Gasteiger partial charge in [0.25, 0.3) is 5.91 Å². The molecule has 6 N–H and O–H groups in total. The number of rotatable bonds is 4. The van der Waals surface area contributed by atoms with Crippen LogP contribution in [-0.4, -0.2) is 28.9 Å². The molecule has 18 heavy (non-hydrogen) atoms. The Labute approximate surface area is 103 Å². The van der Waals surface area contributed by atoms with Crippen molar-refractivity contribution >= 4 is 17.6 Å². The van der Waals surface area contributed by atoms with E-state index in [-0.39, 0.29) is 5.84 Å². The van der Waals surface area contributed by atoms with E-state index in [1.54, 1.807) is 0 Å². The largest absolute Gasteiger partial charge is 0.409 e. The minimum Gasteiger partial charge on any atom is -0.409 e. The van der Waals surface area contributed by atoms with Gasteiger partial charge in [-0.15, -0.1) is 0 Å². The number of amidine groups is 1. The quantitative estimate of drug-likeness (QED) is 0.245. The normalized spacial score (nSPS) is 12.8. The average Bonchev–Trinajstić information content (AvgIpc) is 2.37. The summed E-state index contributed by atoms with van der Waals surface area (Å²) < 4.78 is 0. The van der Waals surface area contributed by atoms with E-state index in [0.717, 1.165) is 0 Å². The molecule has 0 heterocycles. The fraction of sp³-hybridized carbons (Fsp3) is 0.182. The lowest BCUT2D eigenvalue weighted by Crippen LogP contribution is -2.42. The molecule has 0 fully saturated rings. The zero-order chi connectivity index (χ0) is 13.7. The van der Waals surface area contributed by atoms with Gasteiger partial charge in [0.2, 0.25) is 5.91 Å². The molecule has 0 aliphatic rings. The Morgan fingerprint density at radius 3 is 2.17 bits per heavy atom. The number of benzene rings is 1. The van der Waals surface area contributed by atoms with Gasteiger partial charge < -0.3 is 22.0 Å². The van der Waals surface area contributed by atoms with Gasteiger partial charge in [0, 0.05) is 11.1 Å². The summed E-state index contributed by atoms with van der Waals surface area (Å²) in [4.78, 5) is 22.5. The number of hydrogen-bond acceptors (Lipinski definition) is 4. The fourth-order valence-electron chi connectivity index (χ4n) is 1.20. The van der Waals surface area contributed by atoms with Crippen LogP contribution in [0.1, 0.15) is 22.8 Å². The van der Waals surface area contributed by atoms with Crippen molar-refractivity contribution in [3.63, 3.8) is 0 Å². The van der Waals surface area contributed by atoms with Gasteiger partial charge in [0.15, 0.2) is 5.84 Å². The lowest BCUT2D eigenvalue weighted by atomic mass is 10.1. The molecule has 1 atom stereocenters. The molecule has 7 nitrogen and oxygen atoms in total. The third-order valence-electron chi connectivity index (χ3n) is 2.32. The second-order valence-corrected chi connectivity index (χ2v) is 3.66. The van der Waals surface area contributed by atoms with E-state index in [2.05, 4.69) is 10.5 Å². The number of oxime groups is 1. The molecule has 2 amide bonds. The topological polar surface area (TPSA) is 131 Å². The zero-order valence-electron chi connectivity index (χ0n) is 9.75. The van der Waals surface area contributed by atoms with E-state index < -0.39 is 17.9 Å². The fourth-order valence-corrected chi connectivity index (χ4v) is 1.20. The lowest BCUT2D eigenvalue weighted by molar-refractivity contribution is -0.119. The molecule has 1 aromatic carbocycles. The van der Waals surface area contributed by atoms with Gasteiger partial charge >= 0.3 is 0 Å². The zero-order valence-corrected chi connectivity index (χ0v) is 9.75. The van der Waals surface area contributed by atoms with E-state index in [4.69, 9.17) is 16.7 Å². The Morgan fingerprint density at radius 2 is 1.72 bits per heavy atom. The number of amides is 2. The molecule has 0 saturated carbocycles. The smallest absolute Gasteiger partial charge is 0.251 e. The van der Waals surface area contributed by atoms with Crippen LogP contribution in [0, 0.1) is 0 Å². The number of nitrogens with one attached hydrogen (secondary N) is 1. The van der Waals surface area contributed by atoms with Gasteiger partial charge in [-0.25, -0.2) is 0 Å². The lowest BCUT2D eigenvalue weighted by Gasteiger charge is -2.10. The molecule has 0 radical (unpaired) electrons. The molecular weight excluding hydrogens is 236 g/mol. The van der Waals surface area contributed by atoms with Crippen LogP contribution in [0.15, 0.2) is 29.4 Å². The van der Waals surface area contributed by atoms with Crippen molar-refractivity contribution in [3.8, 4) is 0 Å². The van der Waals surface area contributed by atoms with Crippen molar-refractivity contribution in [1.82, 2.24) is 5.32 Å². The predicted octanol–water partition coefficient (Wildman–Crippen LogP) is -0.615. The maximum Gasteiger partial charge on any atom is 0.251 e. The van der Waals surface area contributed by atoms with Gasteiger partial charge in [-0.2, -0.15) is 0 Å². The highest BCUT2D eigenvalue weighted by Gasteiger charge is 2.13. The maximum atomic E-state index is 11.7. The van der Waals surface area contributed by atoms with Crippen LogP contribution in [0.25, 0.3) is 0 Å². The van der Waals surface area contributed by atoms with Crippen LogP contribution < -0.4 is 16.8 Å². The molecule has 1 aromatic rings. The van der Waals surface area contributed by atoms with Crippen molar-refractivity contribution in [1.29, 1.82) is 0 Å². The highest BCUT2D eigenvalue weighted by Crippen LogP contribution is 2.04. The van der Waals surface area contributed by atoms with Crippen LogP contribution in [0.5, 0.6) is 0 Å². The summed E-state index contributed by atoms with van der Waals surface area (Å²) in [6.07, 6.45) is 0. The van der Waals surface area contributed by atoms with Crippen LogP contribution in [0.2, 0.25) is 0 Å². The summed E-state index contributed by atoms with van der Waals surface area (Å²) in [5.41, 5.74) is 11.2. The molecule has 0 saturated heterocycles. The molecule has 0 spiro atoms. The maximum absolute atomic E-state index is 11.7. The van der Waals surface area contributed by atoms with E-state index in [9.17, 15) is 9.59 Å². The van der Waals surface area contributed by atoms with Gasteiger partial charge in [-0.05, 0) is 19.1 Å². The molecule has 1 unspecified atom stereocenters. The second-order valence-electron chi connectivity index (χ2n) is 3.66. The molecule has 0 aromatic heterocycles. The van der Waals surface area contributed by atoms with Gasteiger partial charge in [-0.3, -0.25) is 9.59 Å². The van der Waals surface area contributed by atoms with Crippen molar-refractivity contribution in [2.24, 2.45) is 16.6 Å². The molecular formula is C11H14N4O3. The summed E-state index contributed by atoms with van der Waals surface area (Å²) in [6.45, 7) is 1.49. The molecule has 0 bridgehead atoms. The summed E-state index contributed by atoms with van der Waals surface area (Å²) in [6, 6.07) is 5.30. The minimum absolute atomic E-state index is 0.0486. The Kier molecular flexibility index (Phi) is 4.25. The van der Waals surface area contributed by atoms with Gasteiger partial charge in [-0.1, -0.05) is 17.3 Å². The third-order valence-corrected chi connectivity index (χ3v) is 2.32. The monoisotopic (exact) mass is 250 g/mol. The first-order valence-electron chi connectivity index (χ1n) is 5.14. The third kappa shape index (κ3) is 3.21. The summed E-state index contributed by atoms with van der Waals surface area (Å²) >= 11 is 0. The summed E-state index contributed by atoms with van der Waals surface area (Å²) in [7, 11) is 0. The number of hydrogen-bond donors (Lipinski definition) is 4. The highest BCUT2D eigenvalue weighted by molar-refractivity contribution is 6.00. The molecule has 96 valence electrons. The van der Waals surface area contributed by atoms with Crippen LogP contribution >= 0.6 is 0 Å². The number of carbonyl (C=O) groups excluding carboxylic acids is 2. The number of nitrogens with zero attached hydrogens (tertiary/aromatic N) is 1. The SMILES string of the molecule is CC(NC(=O)c1ccc(/C(N)=N/O)cc1)C(N)=O. The Bertz CT molecular complexity index is 482. The number of nitrogens with two attached hydrogens (primary N) is 2. The highest BCUT2D eigenvalue weighted by atomic mass is 16.4. The Morgan fingerprint density at radius 1 is 1.22 bits per heavy atom. The predicted molar refractivity (Wildman–Crippen MR) is 65.1 cm³/mol. The standard InChI is InChI=1S/C11H14N4O3/c1-6(10(13)16)14-11(17)8-4-2-7(3-5-8)9(12)15-18/h2-6,18H,1H3,(H2,12,15)(H2,13,16)(H,14,17). The first-order valence-corrected chi connectivity index (χ1v) is 5.14. The summed E-state index contributed by atoms with van der Waals surface area (Å²) in [5, 5.41) is 13.8. The first-order chi connectivity index (χ1) is 8.45. The average molecular weight is 250 g/mol. The Balaban J connectivity index is 2.79. The van der Waals surface area contributed by atoms with Crippen molar-refractivity contribution in [2.75, 3.05) is 0 Å². The van der Waals surface area contributed by atoms with Crippen molar-refractivity contribution in [3.05, 3.63) is 35.4 Å². The number of primary amides is 1. The van der Waals surface area contributed by atoms with Crippen molar-refractivity contribution < 1.29 is 14.8 Å². The molecule has 0 aliphatic carbocycles. The molecule has 1 rings (SSSR count). The van der Waals surface area contributed by atoms with Crippen molar-refractivity contribution in [2.45, 2.75) is 13.0 Å². The van der Waals surface area contributed by atoms with Crippen LogP contribution in [0.4, 0.5) is 0 Å². The minimum atomic E-state index is -0.749. The molecule has 7 heteroatoms. The van der Waals surface area contributed by atoms with E-state index in [1.165, 1.54) is 31.2 Å². The van der Waals surface area contributed by atoms with Gasteiger partial charge in [0.1, 0.15) is 6.04 Å².